The van der Waals surface area contributed by atoms with Gasteiger partial charge in [0, 0.05) is 6.42 Å². The summed E-state index contributed by atoms with van der Waals surface area (Å²) >= 11 is 0. The van der Waals surface area contributed by atoms with Crippen LogP contribution in [0.15, 0.2) is 47.7 Å². The number of aryl methyl sites for hydroxylation is 1. The molecule has 7 heteroatoms. The Morgan fingerprint density at radius 3 is 2.24 bits per heavy atom. The van der Waals surface area contributed by atoms with Gasteiger partial charge in [0.15, 0.2) is 0 Å². The summed E-state index contributed by atoms with van der Waals surface area (Å²) in [4.78, 5) is 14.4. The number of aliphatic carboxylic acids is 1. The Hall–Kier alpha value is -2.15. The number of hydrogen-bond acceptors (Lipinski definition) is 3. The molecule has 1 atom stereocenters. The molecule has 0 aliphatic carbocycles. The van der Waals surface area contributed by atoms with Crippen molar-refractivity contribution >= 4 is 11.8 Å². The molecule has 1 aliphatic rings. The van der Waals surface area contributed by atoms with Crippen molar-refractivity contribution in [3.63, 3.8) is 0 Å². The summed E-state index contributed by atoms with van der Waals surface area (Å²) in [6.45, 7) is 0. The first-order valence-electron chi connectivity index (χ1n) is 6.20. The lowest BCUT2D eigenvalue weighted by Crippen LogP contribution is -3.06. The van der Waals surface area contributed by atoms with Crippen LogP contribution in [0.4, 0.5) is 13.2 Å². The van der Waals surface area contributed by atoms with E-state index in [9.17, 15) is 13.2 Å². The molecule has 0 spiro atoms. The lowest BCUT2D eigenvalue weighted by molar-refractivity contribution is -0.719. The minimum atomic E-state index is -5.19. The van der Waals surface area contributed by atoms with Crippen LogP contribution in [-0.2, 0) is 11.2 Å². The number of aliphatic imine (C=N–C) groups is 1. The minimum Gasteiger partial charge on any atom is -0.542 e. The molecular weight excluding hydrogens is 285 g/mol. The number of benzene rings is 1. The van der Waals surface area contributed by atoms with Crippen LogP contribution in [0.2, 0.25) is 0 Å². The maximum atomic E-state index is 10.5. The summed E-state index contributed by atoms with van der Waals surface area (Å²) < 4.78 is 31.5. The third-order valence-corrected chi connectivity index (χ3v) is 2.73. The summed E-state index contributed by atoms with van der Waals surface area (Å²) in [5.74, 6) is -1.78. The number of carbonyl (C=O) groups is 1. The van der Waals surface area contributed by atoms with Gasteiger partial charge in [-0.1, -0.05) is 30.3 Å². The quantitative estimate of drug-likeness (QED) is 0.874. The molecule has 2 rings (SSSR count). The average molecular weight is 300 g/mol. The molecule has 21 heavy (non-hydrogen) atoms. The Kier molecular flexibility index (Phi) is 6.10. The first-order valence-corrected chi connectivity index (χ1v) is 6.20. The molecule has 1 N–H and O–H groups in total. The third kappa shape index (κ3) is 6.22. The Morgan fingerprint density at radius 2 is 1.81 bits per heavy atom. The highest BCUT2D eigenvalue weighted by atomic mass is 19.4. The molecule has 1 aromatic carbocycles. The molecule has 4 nitrogen and oxygen atoms in total. The Bertz CT molecular complexity index is 525. The van der Waals surface area contributed by atoms with Gasteiger partial charge in [0.2, 0.25) is 5.84 Å². The fraction of sp³-hybridized carbons (Fsp3) is 0.286. The van der Waals surface area contributed by atoms with Gasteiger partial charge in [0.1, 0.15) is 12.2 Å². The monoisotopic (exact) mass is 300 g/mol. The number of quaternary nitrogens is 1. The van der Waals surface area contributed by atoms with Gasteiger partial charge in [0.25, 0.3) is 0 Å². The number of carboxylic acids is 1. The van der Waals surface area contributed by atoms with E-state index in [1.54, 1.807) is 0 Å². The van der Waals surface area contributed by atoms with Crippen LogP contribution in [0.5, 0.6) is 0 Å². The number of nitrogens with zero attached hydrogens (tertiary/aromatic N) is 1. The molecule has 0 saturated carbocycles. The number of nitrogens with one attached hydrogen (secondary N) is 1. The van der Waals surface area contributed by atoms with Gasteiger partial charge in [-0.2, -0.15) is 13.2 Å². The smallest absolute Gasteiger partial charge is 0.430 e. The van der Waals surface area contributed by atoms with Crippen LogP contribution in [0.25, 0.3) is 0 Å². The zero-order valence-electron chi connectivity index (χ0n) is 11.4. The first-order chi connectivity index (χ1) is 9.80. The van der Waals surface area contributed by atoms with Crippen molar-refractivity contribution in [3.8, 4) is 0 Å². The van der Waals surface area contributed by atoms with E-state index in [0.717, 1.165) is 12.8 Å². The lowest BCUT2D eigenvalue weighted by atomic mass is 10.1. The zero-order chi connectivity index (χ0) is 15.9. The number of amidine groups is 1. The molecule has 0 bridgehead atoms. The van der Waals surface area contributed by atoms with E-state index in [-0.39, 0.29) is 0 Å². The number of carbonyl (C=O) groups excluding carboxylic acids is 1. The fourth-order valence-electron chi connectivity index (χ4n) is 1.61. The van der Waals surface area contributed by atoms with Gasteiger partial charge < -0.3 is 9.90 Å². The number of rotatable bonds is 3. The molecule has 1 heterocycles. The zero-order valence-corrected chi connectivity index (χ0v) is 11.4. The van der Waals surface area contributed by atoms with Crippen molar-refractivity contribution in [2.24, 2.45) is 4.99 Å². The van der Waals surface area contributed by atoms with Gasteiger partial charge in [-0.25, -0.2) is 4.99 Å². The fourth-order valence-corrected chi connectivity index (χ4v) is 1.61. The van der Waals surface area contributed by atoms with Crippen LogP contribution in [0, 0.1) is 0 Å². The SMILES string of the molecule is C[NH+]1C=CN=C1CCc1ccccc1.O=C([O-])C(F)(F)F. The van der Waals surface area contributed by atoms with E-state index in [0.29, 0.717) is 0 Å². The van der Waals surface area contributed by atoms with Crippen LogP contribution in [0.3, 0.4) is 0 Å². The predicted molar refractivity (Wildman–Crippen MR) is 69.3 cm³/mol. The largest absolute Gasteiger partial charge is 0.542 e. The maximum absolute atomic E-state index is 10.5. The Morgan fingerprint density at radius 1 is 1.24 bits per heavy atom. The normalized spacial score (nSPS) is 17.0. The molecule has 0 fully saturated rings. The van der Waals surface area contributed by atoms with Crippen molar-refractivity contribution in [2.75, 3.05) is 7.05 Å². The second-order valence-electron chi connectivity index (χ2n) is 4.35. The third-order valence-electron chi connectivity index (χ3n) is 2.73. The minimum absolute atomic E-state index is 1.04. The van der Waals surface area contributed by atoms with Gasteiger partial charge in [-0.3, -0.25) is 4.90 Å². The van der Waals surface area contributed by atoms with Crippen LogP contribution >= 0.6 is 0 Å². The lowest BCUT2D eigenvalue weighted by Gasteiger charge is -2.05. The van der Waals surface area contributed by atoms with Gasteiger partial charge in [0.05, 0.1) is 13.2 Å². The van der Waals surface area contributed by atoms with Gasteiger partial charge in [-0.15, -0.1) is 0 Å². The van der Waals surface area contributed by atoms with E-state index in [1.807, 2.05) is 6.20 Å². The summed E-state index contributed by atoms with van der Waals surface area (Å²) in [6.07, 6.45) is 0.886. The molecule has 1 aromatic rings. The molecule has 114 valence electrons. The van der Waals surface area contributed by atoms with E-state index < -0.39 is 12.1 Å². The van der Waals surface area contributed by atoms with Crippen LogP contribution in [0.1, 0.15) is 12.0 Å². The van der Waals surface area contributed by atoms with Crippen molar-refractivity contribution in [1.82, 2.24) is 0 Å². The number of alkyl halides is 3. The summed E-state index contributed by atoms with van der Waals surface area (Å²) in [7, 11) is 2.12. The van der Waals surface area contributed by atoms with Crippen molar-refractivity contribution in [3.05, 3.63) is 48.3 Å². The predicted octanol–water partition coefficient (Wildman–Crippen LogP) is 0.316. The molecule has 0 saturated heterocycles. The molecular formula is C14H15F3N2O2. The Balaban J connectivity index is 0.000000270. The van der Waals surface area contributed by atoms with Gasteiger partial charge in [-0.05, 0) is 12.0 Å². The highest BCUT2D eigenvalue weighted by Crippen LogP contribution is 2.11. The van der Waals surface area contributed by atoms with E-state index in [4.69, 9.17) is 9.90 Å². The number of hydrogen-bond donors (Lipinski definition) is 1. The molecule has 0 amide bonds. The standard InChI is InChI=1S/C12H14N2.C2HF3O2/c1-14-10-9-13-12(14)8-7-11-5-3-2-4-6-11;3-2(4,5)1(6)7/h2-6,9-10H,7-8H2,1H3;(H,6,7). The van der Waals surface area contributed by atoms with E-state index in [2.05, 4.69) is 48.6 Å². The highest BCUT2D eigenvalue weighted by molar-refractivity contribution is 5.75. The number of halogens is 3. The summed E-state index contributed by atoms with van der Waals surface area (Å²) in [5, 5.41) is 8.78. The number of carboxylic acid groups (broad SMARTS) is 1. The summed E-state index contributed by atoms with van der Waals surface area (Å²) in [5.41, 5.74) is 1.38. The second kappa shape index (κ2) is 7.58. The second-order valence-corrected chi connectivity index (χ2v) is 4.35. The topological polar surface area (TPSA) is 56.9 Å². The molecule has 1 aliphatic heterocycles. The molecule has 1 unspecified atom stereocenters. The van der Waals surface area contributed by atoms with Crippen molar-refractivity contribution < 1.29 is 28.0 Å². The maximum Gasteiger partial charge on any atom is 0.430 e. The molecule has 0 radical (unpaired) electrons. The Labute approximate surface area is 120 Å². The van der Waals surface area contributed by atoms with Crippen LogP contribution in [-0.4, -0.2) is 25.0 Å². The highest BCUT2D eigenvalue weighted by Gasteiger charge is 2.28. The van der Waals surface area contributed by atoms with E-state index >= 15 is 0 Å². The summed E-state index contributed by atoms with van der Waals surface area (Å²) in [6, 6.07) is 10.5. The van der Waals surface area contributed by atoms with Gasteiger partial charge >= 0.3 is 6.18 Å². The van der Waals surface area contributed by atoms with Crippen molar-refractivity contribution in [2.45, 2.75) is 19.0 Å². The molecule has 0 aromatic heterocycles. The average Bonchev–Trinajstić information content (AvgIpc) is 2.83. The van der Waals surface area contributed by atoms with E-state index in [1.165, 1.54) is 16.3 Å². The van der Waals surface area contributed by atoms with Crippen LogP contribution < -0.4 is 10.0 Å². The first kappa shape index (κ1) is 16.9. The van der Waals surface area contributed by atoms with Crippen molar-refractivity contribution in [1.29, 1.82) is 0 Å².